The Morgan fingerprint density at radius 1 is 0.271 bits per heavy atom. The van der Waals surface area contributed by atoms with E-state index in [1.807, 2.05) is 284 Å². The van der Waals surface area contributed by atoms with Crippen LogP contribution in [-0.4, -0.2) is 255 Å². The first-order valence-corrected chi connectivity index (χ1v) is 47.2. The van der Waals surface area contributed by atoms with Crippen LogP contribution in [0.4, 0.5) is 22.7 Å². The van der Waals surface area contributed by atoms with Gasteiger partial charge in [-0.15, -0.1) is 0 Å². The van der Waals surface area contributed by atoms with Gasteiger partial charge in [-0.1, -0.05) is 148 Å². The van der Waals surface area contributed by atoms with Crippen LogP contribution in [0.15, 0.2) is 218 Å². The number of nitrogens with one attached hydrogen (secondary N) is 2. The molecule has 4 atom stereocenters. The van der Waals surface area contributed by atoms with Crippen LogP contribution in [0.3, 0.4) is 0 Å². The highest BCUT2D eigenvalue weighted by Gasteiger charge is 2.44. The Bertz CT molecular complexity index is 4890. The number of benzene rings is 9. The van der Waals surface area contributed by atoms with E-state index in [1.54, 1.807) is 24.3 Å². The molecule has 22 nitrogen and oxygen atoms in total. The molecule has 4 aliphatic rings. The standard InChI is InChI=1S/C56H66N4O6S2.C49H62N6O6/c1-7-55(57(3)4,51(61)45-21-25-49(26-22-45)59-29-33-65-34-30-59)37-41-13-17-47(18-14-41)53(63)67-39-43-9-11-44(12-10-43)40-68-54(64)48-19-15-42(16-20-48)38-56(8-2,58(5)6)52(62)46-23-27-50(28-24-46)60-31-35-66-36-32-60;1-7-48(52(3)4,44(56)38-17-21-42(22-18-38)54-25-29-60-30-26-54)33-36-9-13-40(14-10-36)46(58)50-35-51-47(59)41-15-11-37(12-16-41)34-49(8-2,53(5)6)45(57)39-19-23-43(24-20-39)55-27-31-61-32-28-55/h9-28H,7-8,29-40H2,1-6H3;9-24H,7-8,25-35H2,1-6H3,(H,50,58)(H,51,59). The van der Waals surface area contributed by atoms with Gasteiger partial charge in [0.2, 0.25) is 10.2 Å². The van der Waals surface area contributed by atoms with Crippen LogP contribution in [0.2, 0.25) is 0 Å². The second kappa shape index (κ2) is 45.9. The van der Waals surface area contributed by atoms with Gasteiger partial charge in [0.05, 0.1) is 81.7 Å². The second-order valence-corrected chi connectivity index (χ2v) is 36.6. The molecule has 129 heavy (non-hydrogen) atoms. The summed E-state index contributed by atoms with van der Waals surface area (Å²) in [5.41, 5.74) is 12.1. The lowest BCUT2D eigenvalue weighted by atomic mass is 9.80. The number of Topliss-reactive ketones (excluding diaryl/α,β-unsaturated/α-hetero) is 4. The Morgan fingerprint density at radius 2 is 0.457 bits per heavy atom. The molecule has 0 saturated carbocycles. The van der Waals surface area contributed by atoms with Gasteiger partial charge in [-0.3, -0.25) is 58.0 Å². The third-order valence-electron chi connectivity index (χ3n) is 26.5. The number of ether oxygens (including phenoxy) is 4. The predicted octanol–water partition coefficient (Wildman–Crippen LogP) is 15.5. The molecule has 0 radical (unpaired) electrons. The largest absolute Gasteiger partial charge is 0.378 e. The maximum atomic E-state index is 14.2. The summed E-state index contributed by atoms with van der Waals surface area (Å²) in [7, 11) is 15.6. The highest BCUT2D eigenvalue weighted by atomic mass is 32.2. The van der Waals surface area contributed by atoms with Crippen LogP contribution in [0.1, 0.15) is 170 Å². The Balaban J connectivity index is 0.000000235. The summed E-state index contributed by atoms with van der Waals surface area (Å²) in [6, 6.07) is 69.6. The first kappa shape index (κ1) is 97.6. The maximum Gasteiger partial charge on any atom is 0.252 e. The average molecular weight is 1790 g/mol. The molecule has 0 spiro atoms. The number of hydrogen-bond acceptors (Lipinski definition) is 22. The quantitative estimate of drug-likeness (QED) is 0.0271. The number of carbonyl (C=O) groups excluding carboxylic acids is 8. The van der Waals surface area contributed by atoms with E-state index in [0.29, 0.717) is 160 Å². The lowest BCUT2D eigenvalue weighted by Gasteiger charge is -2.38. The molecular formula is C105H128N10O12S2. The first-order valence-electron chi connectivity index (χ1n) is 45.2. The van der Waals surface area contributed by atoms with Crippen molar-refractivity contribution in [2.24, 2.45) is 0 Å². The van der Waals surface area contributed by atoms with Crippen LogP contribution in [0.5, 0.6) is 0 Å². The summed E-state index contributed by atoms with van der Waals surface area (Å²) >= 11 is 2.52. The number of hydrogen-bond donors (Lipinski definition) is 2. The normalized spacial score (nSPS) is 16.2. The van der Waals surface area contributed by atoms with Crippen LogP contribution >= 0.6 is 23.5 Å². The minimum Gasteiger partial charge on any atom is -0.378 e. The minimum atomic E-state index is -0.772. The topological polar surface area (TPSA) is 223 Å². The smallest absolute Gasteiger partial charge is 0.252 e. The zero-order valence-corrected chi connectivity index (χ0v) is 78.8. The molecule has 682 valence electrons. The van der Waals surface area contributed by atoms with Gasteiger partial charge in [-0.25, -0.2) is 0 Å². The third kappa shape index (κ3) is 24.0. The second-order valence-electron chi connectivity index (χ2n) is 34.7. The van der Waals surface area contributed by atoms with Gasteiger partial charge >= 0.3 is 0 Å². The SMILES string of the molecule is CCC(Cc1ccc(C(=O)NCNC(=O)c2ccc(CC(CC)(C(=O)c3ccc(N4CCOCC4)cc3)N(C)C)cc2)cc1)(C(=O)c1ccc(N2CCOCC2)cc1)N(C)C.CCC(Cc1ccc(C(=O)SCc2ccc(CSC(=O)c3ccc(CC(CC)(C(=O)c4ccc(N5CCOCC5)cc4)N(C)C)cc3)cc2)cc1)(C(=O)c1ccc(N2CCOCC2)cc1)N(C)C. The molecule has 4 aliphatic heterocycles. The van der Waals surface area contributed by atoms with E-state index in [-0.39, 0.29) is 51.8 Å². The number of thioether (sulfide) groups is 2. The summed E-state index contributed by atoms with van der Waals surface area (Å²) in [6.45, 7) is 20.5. The van der Waals surface area contributed by atoms with Gasteiger partial charge in [0.15, 0.2) is 23.1 Å². The molecule has 13 rings (SSSR count). The Kier molecular flexibility index (Phi) is 34.7. The molecule has 0 bridgehead atoms. The van der Waals surface area contributed by atoms with E-state index in [1.165, 1.54) is 23.5 Å². The Hall–Kier alpha value is -10.5. The summed E-state index contributed by atoms with van der Waals surface area (Å²) in [6.07, 6.45) is 4.49. The summed E-state index contributed by atoms with van der Waals surface area (Å²) in [5.74, 6) is 0.684. The molecule has 0 aromatic heterocycles. The van der Waals surface area contributed by atoms with Crippen molar-refractivity contribution in [3.05, 3.63) is 296 Å². The number of nitrogens with zero attached hydrogens (tertiary/aromatic N) is 8. The monoisotopic (exact) mass is 1780 g/mol. The maximum absolute atomic E-state index is 14.2. The molecular weight excluding hydrogens is 1660 g/mol. The average Bonchev–Trinajstić information content (AvgIpc) is 0.795. The molecule has 4 saturated heterocycles. The van der Waals surface area contributed by atoms with E-state index < -0.39 is 22.2 Å². The minimum absolute atomic E-state index is 0.0123. The Morgan fingerprint density at radius 3 is 0.651 bits per heavy atom. The highest BCUT2D eigenvalue weighted by Crippen LogP contribution is 2.36. The van der Waals surface area contributed by atoms with Crippen LogP contribution in [-0.2, 0) is 56.1 Å². The molecule has 2 amide bonds. The number of morpholine rings is 4. The number of ketones is 4. The number of amides is 2. The van der Waals surface area contributed by atoms with Crippen molar-refractivity contribution in [2.75, 3.05) is 188 Å². The number of likely N-dealkylation sites (N-methyl/N-ethyl adjacent to an activating group) is 4. The van der Waals surface area contributed by atoms with E-state index >= 15 is 0 Å². The van der Waals surface area contributed by atoms with Crippen LogP contribution < -0.4 is 30.2 Å². The van der Waals surface area contributed by atoms with Gasteiger partial charge in [0, 0.05) is 131 Å². The van der Waals surface area contributed by atoms with Crippen molar-refractivity contribution in [1.82, 2.24) is 30.2 Å². The molecule has 9 aromatic rings. The summed E-state index contributed by atoms with van der Waals surface area (Å²) < 4.78 is 22.0. The molecule has 0 aliphatic carbocycles. The van der Waals surface area contributed by atoms with Gasteiger partial charge in [-0.05, 0) is 262 Å². The van der Waals surface area contributed by atoms with Crippen molar-refractivity contribution in [2.45, 2.75) is 113 Å². The molecule has 9 aromatic carbocycles. The fraction of sp³-hybridized carbons (Fsp3) is 0.410. The predicted molar refractivity (Wildman–Crippen MR) is 520 cm³/mol. The lowest BCUT2D eigenvalue weighted by molar-refractivity contribution is 0.0661. The van der Waals surface area contributed by atoms with Crippen molar-refractivity contribution < 1.29 is 57.3 Å². The molecule has 4 heterocycles. The lowest BCUT2D eigenvalue weighted by Crippen LogP contribution is -2.52. The van der Waals surface area contributed by atoms with Crippen molar-refractivity contribution >= 4 is 91.5 Å². The van der Waals surface area contributed by atoms with E-state index in [2.05, 4.69) is 44.1 Å². The Labute approximate surface area is 771 Å². The number of rotatable bonds is 38. The van der Waals surface area contributed by atoms with Crippen molar-refractivity contribution in [3.8, 4) is 0 Å². The number of anilines is 4. The van der Waals surface area contributed by atoms with Gasteiger partial charge in [0.1, 0.15) is 0 Å². The van der Waals surface area contributed by atoms with E-state index in [9.17, 15) is 38.4 Å². The van der Waals surface area contributed by atoms with Crippen LogP contribution in [0.25, 0.3) is 0 Å². The fourth-order valence-corrected chi connectivity index (χ4v) is 19.4. The van der Waals surface area contributed by atoms with Gasteiger partial charge < -0.3 is 49.2 Å². The molecule has 24 heteroatoms. The molecule has 2 N–H and O–H groups in total. The third-order valence-corrected chi connectivity index (χ3v) is 28.5. The first-order chi connectivity index (χ1) is 62.2. The van der Waals surface area contributed by atoms with Gasteiger partial charge in [0.25, 0.3) is 11.8 Å². The zero-order valence-electron chi connectivity index (χ0n) is 77.2. The van der Waals surface area contributed by atoms with Crippen LogP contribution in [0, 0.1) is 0 Å². The molecule has 4 fully saturated rings. The van der Waals surface area contributed by atoms with Gasteiger partial charge in [-0.2, -0.15) is 0 Å². The van der Waals surface area contributed by atoms with E-state index in [4.69, 9.17) is 18.9 Å². The summed E-state index contributed by atoms with van der Waals surface area (Å²) in [4.78, 5) is 127. The van der Waals surface area contributed by atoms with Crippen molar-refractivity contribution in [3.63, 3.8) is 0 Å². The fourth-order valence-electron chi connectivity index (χ4n) is 17.8. The van der Waals surface area contributed by atoms with Crippen molar-refractivity contribution in [1.29, 1.82) is 0 Å². The number of carbonyl (C=O) groups is 8. The molecule has 4 unspecified atom stereocenters. The summed E-state index contributed by atoms with van der Waals surface area (Å²) in [5, 5.41) is 5.54. The van der Waals surface area contributed by atoms with E-state index in [0.717, 1.165) is 108 Å². The zero-order chi connectivity index (χ0) is 91.8. The highest BCUT2D eigenvalue weighted by molar-refractivity contribution is 8.13.